The van der Waals surface area contributed by atoms with Gasteiger partial charge in [-0.1, -0.05) is 25.1 Å². The standard InChI is InChI=1S/C17H23NO2/c1-2-18-15(10-9-14-7-5-11-19-14)17-12-13-6-3-4-8-16(13)20-17/h3-4,6,8,12,14-15,18H,2,5,7,9-11H2,1H3. The fourth-order valence-corrected chi connectivity index (χ4v) is 2.99. The molecule has 0 spiro atoms. The van der Waals surface area contributed by atoms with Gasteiger partial charge in [0.1, 0.15) is 11.3 Å². The molecule has 3 nitrogen and oxygen atoms in total. The van der Waals surface area contributed by atoms with Crippen LogP contribution in [0.15, 0.2) is 34.7 Å². The van der Waals surface area contributed by atoms with E-state index in [0.29, 0.717) is 6.10 Å². The van der Waals surface area contributed by atoms with Gasteiger partial charge in [0.2, 0.25) is 0 Å². The molecule has 2 aromatic rings. The van der Waals surface area contributed by atoms with E-state index >= 15 is 0 Å². The summed E-state index contributed by atoms with van der Waals surface area (Å²) in [4.78, 5) is 0. The predicted molar refractivity (Wildman–Crippen MR) is 80.8 cm³/mol. The zero-order valence-electron chi connectivity index (χ0n) is 12.1. The van der Waals surface area contributed by atoms with Crippen LogP contribution in [0.5, 0.6) is 0 Å². The van der Waals surface area contributed by atoms with Gasteiger partial charge in [-0.05, 0) is 44.4 Å². The molecule has 1 fully saturated rings. The predicted octanol–water partition coefficient (Wildman–Crippen LogP) is 4.04. The quantitative estimate of drug-likeness (QED) is 0.862. The van der Waals surface area contributed by atoms with Crippen molar-refractivity contribution >= 4 is 11.0 Å². The summed E-state index contributed by atoms with van der Waals surface area (Å²) in [5.74, 6) is 1.05. The summed E-state index contributed by atoms with van der Waals surface area (Å²) < 4.78 is 11.7. The van der Waals surface area contributed by atoms with Crippen LogP contribution in [0.25, 0.3) is 11.0 Å². The number of rotatable bonds is 6. The highest BCUT2D eigenvalue weighted by Gasteiger charge is 2.20. The van der Waals surface area contributed by atoms with E-state index in [2.05, 4.69) is 30.4 Å². The zero-order valence-corrected chi connectivity index (χ0v) is 12.1. The second-order valence-electron chi connectivity index (χ2n) is 5.51. The van der Waals surface area contributed by atoms with Gasteiger partial charge in [-0.15, -0.1) is 0 Å². The number of hydrogen-bond donors (Lipinski definition) is 1. The molecule has 2 atom stereocenters. The molecule has 1 aliphatic heterocycles. The molecule has 1 aliphatic rings. The van der Waals surface area contributed by atoms with Gasteiger partial charge < -0.3 is 14.5 Å². The molecule has 2 unspecified atom stereocenters. The lowest BCUT2D eigenvalue weighted by molar-refractivity contribution is 0.0989. The molecule has 1 aromatic carbocycles. The Labute approximate surface area is 120 Å². The van der Waals surface area contributed by atoms with Crippen molar-refractivity contribution in [3.63, 3.8) is 0 Å². The van der Waals surface area contributed by atoms with Crippen LogP contribution >= 0.6 is 0 Å². The van der Waals surface area contributed by atoms with Gasteiger partial charge in [0.25, 0.3) is 0 Å². The minimum absolute atomic E-state index is 0.289. The topological polar surface area (TPSA) is 34.4 Å². The van der Waals surface area contributed by atoms with Crippen LogP contribution in [0.2, 0.25) is 0 Å². The van der Waals surface area contributed by atoms with Gasteiger partial charge in [0.05, 0.1) is 12.1 Å². The Morgan fingerprint density at radius 1 is 1.35 bits per heavy atom. The first-order valence-electron chi connectivity index (χ1n) is 7.70. The van der Waals surface area contributed by atoms with Crippen molar-refractivity contribution < 1.29 is 9.15 Å². The van der Waals surface area contributed by atoms with E-state index in [1.54, 1.807) is 0 Å². The lowest BCUT2D eigenvalue weighted by atomic mass is 10.0. The Bertz CT molecular complexity index is 510. The van der Waals surface area contributed by atoms with Gasteiger partial charge in [-0.3, -0.25) is 0 Å². The highest BCUT2D eigenvalue weighted by atomic mass is 16.5. The first-order valence-corrected chi connectivity index (χ1v) is 7.70. The Morgan fingerprint density at radius 2 is 2.25 bits per heavy atom. The van der Waals surface area contributed by atoms with Crippen LogP contribution in [-0.2, 0) is 4.74 Å². The van der Waals surface area contributed by atoms with E-state index in [4.69, 9.17) is 9.15 Å². The maximum absolute atomic E-state index is 5.99. The molecule has 0 aliphatic carbocycles. The van der Waals surface area contributed by atoms with Gasteiger partial charge in [0.15, 0.2) is 0 Å². The molecule has 0 radical (unpaired) electrons. The van der Waals surface area contributed by atoms with Crippen molar-refractivity contribution in [3.8, 4) is 0 Å². The molecular formula is C17H23NO2. The zero-order chi connectivity index (χ0) is 13.8. The summed E-state index contributed by atoms with van der Waals surface area (Å²) in [6.07, 6.45) is 5.04. The third kappa shape index (κ3) is 3.05. The summed E-state index contributed by atoms with van der Waals surface area (Å²) in [6.45, 7) is 4.02. The normalized spacial score (nSPS) is 20.6. The van der Waals surface area contributed by atoms with Crippen molar-refractivity contribution in [1.82, 2.24) is 5.32 Å². The lowest BCUT2D eigenvalue weighted by Crippen LogP contribution is -2.22. The molecule has 2 heterocycles. The van der Waals surface area contributed by atoms with E-state index in [-0.39, 0.29) is 6.04 Å². The third-order valence-electron chi connectivity index (χ3n) is 4.04. The summed E-state index contributed by atoms with van der Waals surface area (Å²) in [7, 11) is 0. The first kappa shape index (κ1) is 13.7. The van der Waals surface area contributed by atoms with Crippen LogP contribution in [0.1, 0.15) is 44.4 Å². The maximum atomic E-state index is 5.99. The largest absolute Gasteiger partial charge is 0.459 e. The number of para-hydroxylation sites is 1. The summed E-state index contributed by atoms with van der Waals surface area (Å²) in [5, 5.41) is 4.72. The Kier molecular flexibility index (Phi) is 4.38. The van der Waals surface area contributed by atoms with Gasteiger partial charge >= 0.3 is 0 Å². The van der Waals surface area contributed by atoms with Gasteiger partial charge in [0, 0.05) is 12.0 Å². The second kappa shape index (κ2) is 6.42. The highest BCUT2D eigenvalue weighted by Crippen LogP contribution is 2.28. The van der Waals surface area contributed by atoms with Crippen molar-refractivity contribution in [2.24, 2.45) is 0 Å². The van der Waals surface area contributed by atoms with E-state index in [9.17, 15) is 0 Å². The Hall–Kier alpha value is -1.32. The molecule has 1 aromatic heterocycles. The Morgan fingerprint density at radius 3 is 3.00 bits per heavy atom. The molecule has 1 N–H and O–H groups in total. The molecule has 1 saturated heterocycles. The second-order valence-corrected chi connectivity index (χ2v) is 5.51. The monoisotopic (exact) mass is 273 g/mol. The smallest absolute Gasteiger partial charge is 0.134 e. The van der Waals surface area contributed by atoms with Crippen LogP contribution < -0.4 is 5.32 Å². The summed E-state index contributed by atoms with van der Waals surface area (Å²) in [5.41, 5.74) is 0.975. The number of fused-ring (bicyclic) bond motifs is 1. The number of ether oxygens (including phenoxy) is 1. The Balaban J connectivity index is 1.71. The third-order valence-corrected chi connectivity index (χ3v) is 4.04. The SMILES string of the molecule is CCNC(CCC1CCCO1)c1cc2ccccc2o1. The molecule has 3 heteroatoms. The lowest BCUT2D eigenvalue weighted by Gasteiger charge is -2.17. The van der Waals surface area contributed by atoms with E-state index < -0.39 is 0 Å². The molecule has 108 valence electrons. The fourth-order valence-electron chi connectivity index (χ4n) is 2.99. The molecule has 0 saturated carbocycles. The average molecular weight is 273 g/mol. The number of hydrogen-bond acceptors (Lipinski definition) is 3. The minimum Gasteiger partial charge on any atom is -0.459 e. The van der Waals surface area contributed by atoms with Crippen molar-refractivity contribution in [3.05, 3.63) is 36.1 Å². The van der Waals surface area contributed by atoms with Crippen molar-refractivity contribution in [1.29, 1.82) is 0 Å². The van der Waals surface area contributed by atoms with Crippen LogP contribution in [0.4, 0.5) is 0 Å². The number of nitrogens with one attached hydrogen (secondary N) is 1. The van der Waals surface area contributed by atoms with Crippen molar-refractivity contribution in [2.45, 2.75) is 44.8 Å². The van der Waals surface area contributed by atoms with Crippen LogP contribution in [0.3, 0.4) is 0 Å². The molecule has 20 heavy (non-hydrogen) atoms. The number of benzene rings is 1. The highest BCUT2D eigenvalue weighted by molar-refractivity contribution is 5.77. The number of furan rings is 1. The fraction of sp³-hybridized carbons (Fsp3) is 0.529. The van der Waals surface area contributed by atoms with Crippen LogP contribution in [-0.4, -0.2) is 19.3 Å². The molecule has 0 amide bonds. The van der Waals surface area contributed by atoms with E-state index in [1.165, 1.54) is 18.2 Å². The van der Waals surface area contributed by atoms with E-state index in [1.807, 2.05) is 12.1 Å². The molecule has 0 bridgehead atoms. The maximum Gasteiger partial charge on any atom is 0.134 e. The van der Waals surface area contributed by atoms with Crippen molar-refractivity contribution in [2.75, 3.05) is 13.2 Å². The first-order chi connectivity index (χ1) is 9.86. The van der Waals surface area contributed by atoms with E-state index in [0.717, 1.165) is 37.3 Å². The summed E-state index contributed by atoms with van der Waals surface area (Å²) in [6, 6.07) is 10.7. The van der Waals surface area contributed by atoms with Gasteiger partial charge in [-0.2, -0.15) is 0 Å². The summed E-state index contributed by atoms with van der Waals surface area (Å²) >= 11 is 0. The van der Waals surface area contributed by atoms with Gasteiger partial charge in [-0.25, -0.2) is 0 Å². The molecule has 3 rings (SSSR count). The minimum atomic E-state index is 0.289. The average Bonchev–Trinajstić information content (AvgIpc) is 3.12. The van der Waals surface area contributed by atoms with Crippen LogP contribution in [0, 0.1) is 0 Å². The molecular weight excluding hydrogens is 250 g/mol.